The largest absolute Gasteiger partial charge is 0.478 e. The number of hydrogen-bond donors (Lipinski definition) is 1. The molecule has 1 heterocycles. The second-order valence-corrected chi connectivity index (χ2v) is 5.44. The molecule has 3 fully saturated rings. The number of carbonyl (C=O) groups is 2. The van der Waals surface area contributed by atoms with E-state index in [0.717, 1.165) is 6.42 Å². The second-order valence-electron chi connectivity index (χ2n) is 5.44. The van der Waals surface area contributed by atoms with Crippen molar-refractivity contribution in [3.63, 3.8) is 0 Å². The molecule has 0 aromatic carbocycles. The number of esters is 1. The zero-order valence-corrected chi connectivity index (χ0v) is 10.2. The molecule has 2 saturated carbocycles. The first-order valence-electron chi connectivity index (χ1n) is 6.17. The van der Waals surface area contributed by atoms with Gasteiger partial charge in [-0.25, -0.2) is 4.79 Å². The van der Waals surface area contributed by atoms with Gasteiger partial charge in [-0.2, -0.15) is 0 Å². The number of carboxylic acids is 1. The summed E-state index contributed by atoms with van der Waals surface area (Å²) in [4.78, 5) is 22.9. The molecule has 0 aromatic rings. The Morgan fingerprint density at radius 2 is 2.17 bits per heavy atom. The number of cyclic esters (lactones) is 1. The summed E-state index contributed by atoms with van der Waals surface area (Å²) in [5.41, 5.74) is 0.160. The van der Waals surface area contributed by atoms with Crippen LogP contribution in [0.3, 0.4) is 0 Å². The molecule has 5 heteroatoms. The van der Waals surface area contributed by atoms with Gasteiger partial charge in [-0.05, 0) is 18.3 Å². The van der Waals surface area contributed by atoms with Crippen LogP contribution >= 0.6 is 0 Å². The van der Waals surface area contributed by atoms with E-state index in [0.29, 0.717) is 6.61 Å². The first-order valence-corrected chi connectivity index (χ1v) is 6.17. The molecule has 98 valence electrons. The number of carboxylic acid groups (broad SMARTS) is 1. The van der Waals surface area contributed by atoms with Crippen LogP contribution in [0.1, 0.15) is 6.42 Å². The highest BCUT2D eigenvalue weighted by Gasteiger charge is 2.64. The predicted octanol–water partition coefficient (Wildman–Crippen LogP) is 0.697. The summed E-state index contributed by atoms with van der Waals surface area (Å²) in [5, 5.41) is 9.12. The van der Waals surface area contributed by atoms with E-state index < -0.39 is 5.97 Å². The first kappa shape index (κ1) is 11.7. The average Bonchev–Trinajstić information content (AvgIpc) is 2.98. The van der Waals surface area contributed by atoms with Gasteiger partial charge < -0.3 is 14.6 Å². The van der Waals surface area contributed by atoms with Crippen molar-refractivity contribution in [2.75, 3.05) is 13.7 Å². The van der Waals surface area contributed by atoms with Gasteiger partial charge in [0.15, 0.2) is 0 Å². The highest BCUT2D eigenvalue weighted by Crippen LogP contribution is 2.60. The molecule has 18 heavy (non-hydrogen) atoms. The van der Waals surface area contributed by atoms with Crippen LogP contribution in [0.4, 0.5) is 0 Å². The lowest BCUT2D eigenvalue weighted by Gasteiger charge is -2.35. The van der Waals surface area contributed by atoms with Gasteiger partial charge in [0.05, 0.1) is 18.6 Å². The monoisotopic (exact) mass is 252 g/mol. The number of hydrogen-bond acceptors (Lipinski definition) is 4. The third-order valence-corrected chi connectivity index (χ3v) is 4.89. The van der Waals surface area contributed by atoms with Crippen LogP contribution in [-0.2, 0) is 19.1 Å². The standard InChI is InChI=1S/C13H16O5/c1-5(12(14)15)9-7-3-6(11(9)17-2)8-4-18-13(16)10(7)8/h6-11H,1,3-4H2,2H3,(H,14,15). The number of fused-ring (bicyclic) bond motifs is 5. The maximum absolute atomic E-state index is 11.7. The summed E-state index contributed by atoms with van der Waals surface area (Å²) >= 11 is 0. The zero-order valence-electron chi connectivity index (χ0n) is 10.2. The molecule has 1 aliphatic heterocycles. The first-order chi connectivity index (χ1) is 8.56. The SMILES string of the molecule is C=C(C(=O)O)C1C2CC(C3COC(=O)C32)C1OC. The Balaban J connectivity index is 1.94. The minimum Gasteiger partial charge on any atom is -0.478 e. The Morgan fingerprint density at radius 1 is 1.44 bits per heavy atom. The van der Waals surface area contributed by atoms with Crippen molar-refractivity contribution in [3.05, 3.63) is 12.2 Å². The minimum atomic E-state index is -1.00. The summed E-state index contributed by atoms with van der Waals surface area (Å²) in [5.74, 6) is -1.15. The minimum absolute atomic E-state index is 0.0172. The lowest BCUT2D eigenvalue weighted by atomic mass is 9.71. The molecular formula is C13H16O5. The van der Waals surface area contributed by atoms with Gasteiger partial charge in [-0.1, -0.05) is 6.58 Å². The summed E-state index contributed by atoms with van der Waals surface area (Å²) in [7, 11) is 1.60. The van der Waals surface area contributed by atoms with Gasteiger partial charge in [-0.3, -0.25) is 4.79 Å². The predicted molar refractivity (Wildman–Crippen MR) is 60.6 cm³/mol. The molecular weight excluding hydrogens is 236 g/mol. The Labute approximate surface area is 105 Å². The highest BCUT2D eigenvalue weighted by atomic mass is 16.5. The normalized spacial score (nSPS) is 44.8. The maximum atomic E-state index is 11.7. The third kappa shape index (κ3) is 1.31. The van der Waals surface area contributed by atoms with E-state index in [2.05, 4.69) is 6.58 Å². The van der Waals surface area contributed by atoms with E-state index in [1.54, 1.807) is 7.11 Å². The summed E-state index contributed by atoms with van der Waals surface area (Å²) in [6.07, 6.45) is 0.703. The molecule has 2 bridgehead atoms. The smallest absolute Gasteiger partial charge is 0.331 e. The Hall–Kier alpha value is -1.36. The van der Waals surface area contributed by atoms with Crippen molar-refractivity contribution in [3.8, 4) is 0 Å². The van der Waals surface area contributed by atoms with Crippen LogP contribution in [0.5, 0.6) is 0 Å². The van der Waals surface area contributed by atoms with E-state index in [-0.39, 0.29) is 47.2 Å². The molecule has 6 unspecified atom stereocenters. The summed E-state index contributed by atoms with van der Waals surface area (Å²) in [6, 6.07) is 0. The van der Waals surface area contributed by atoms with Gasteiger partial charge in [-0.15, -0.1) is 0 Å². The van der Waals surface area contributed by atoms with E-state index in [4.69, 9.17) is 14.6 Å². The van der Waals surface area contributed by atoms with Crippen LogP contribution in [0.2, 0.25) is 0 Å². The quantitative estimate of drug-likeness (QED) is 0.591. The number of aliphatic carboxylic acids is 1. The van der Waals surface area contributed by atoms with Gasteiger partial charge in [0.2, 0.25) is 0 Å². The maximum Gasteiger partial charge on any atom is 0.331 e. The number of rotatable bonds is 3. The van der Waals surface area contributed by atoms with Crippen LogP contribution in [0, 0.1) is 29.6 Å². The summed E-state index contributed by atoms with van der Waals surface area (Å²) in [6.45, 7) is 4.12. The van der Waals surface area contributed by atoms with Gasteiger partial charge >= 0.3 is 11.9 Å². The van der Waals surface area contributed by atoms with Crippen molar-refractivity contribution in [1.29, 1.82) is 0 Å². The fourth-order valence-electron chi connectivity index (χ4n) is 4.25. The van der Waals surface area contributed by atoms with Crippen molar-refractivity contribution < 1.29 is 24.2 Å². The lowest BCUT2D eigenvalue weighted by Crippen LogP contribution is -2.41. The van der Waals surface area contributed by atoms with Crippen LogP contribution in [0.15, 0.2) is 12.2 Å². The van der Waals surface area contributed by atoms with Gasteiger partial charge in [0, 0.05) is 24.5 Å². The molecule has 0 aromatic heterocycles. The van der Waals surface area contributed by atoms with E-state index in [1.807, 2.05) is 0 Å². The van der Waals surface area contributed by atoms with E-state index >= 15 is 0 Å². The zero-order chi connectivity index (χ0) is 13.0. The molecule has 6 atom stereocenters. The Kier molecular flexibility index (Phi) is 2.48. The summed E-state index contributed by atoms with van der Waals surface area (Å²) < 4.78 is 10.6. The Bertz CT molecular complexity index is 429. The van der Waals surface area contributed by atoms with Gasteiger partial charge in [0.25, 0.3) is 0 Å². The molecule has 3 rings (SSSR count). The Morgan fingerprint density at radius 3 is 2.78 bits per heavy atom. The molecule has 0 radical (unpaired) electrons. The molecule has 0 amide bonds. The van der Waals surface area contributed by atoms with Crippen LogP contribution < -0.4 is 0 Å². The van der Waals surface area contributed by atoms with Gasteiger partial charge in [0.1, 0.15) is 0 Å². The van der Waals surface area contributed by atoms with E-state index in [9.17, 15) is 9.59 Å². The molecule has 5 nitrogen and oxygen atoms in total. The number of carbonyl (C=O) groups excluding carboxylic acids is 1. The van der Waals surface area contributed by atoms with E-state index in [1.165, 1.54) is 0 Å². The fraction of sp³-hybridized carbons (Fsp3) is 0.692. The lowest BCUT2D eigenvalue weighted by molar-refractivity contribution is -0.144. The fourth-order valence-corrected chi connectivity index (χ4v) is 4.25. The van der Waals surface area contributed by atoms with Crippen molar-refractivity contribution in [1.82, 2.24) is 0 Å². The van der Waals surface area contributed by atoms with Crippen molar-refractivity contribution >= 4 is 11.9 Å². The molecule has 2 aliphatic carbocycles. The second kappa shape index (κ2) is 3.82. The van der Waals surface area contributed by atoms with Crippen molar-refractivity contribution in [2.24, 2.45) is 29.6 Å². The highest BCUT2D eigenvalue weighted by molar-refractivity contribution is 5.87. The number of ether oxygens (including phenoxy) is 2. The molecule has 0 spiro atoms. The number of methoxy groups -OCH3 is 1. The topological polar surface area (TPSA) is 72.8 Å². The average molecular weight is 252 g/mol. The van der Waals surface area contributed by atoms with Crippen molar-refractivity contribution in [2.45, 2.75) is 12.5 Å². The third-order valence-electron chi connectivity index (χ3n) is 4.89. The molecule has 1 N–H and O–H groups in total. The molecule has 1 saturated heterocycles. The molecule has 3 aliphatic rings. The van der Waals surface area contributed by atoms with Crippen LogP contribution in [0.25, 0.3) is 0 Å². The van der Waals surface area contributed by atoms with Crippen LogP contribution in [-0.4, -0.2) is 36.9 Å².